The Kier molecular flexibility index (Phi) is 5.60. The molecule has 0 bridgehead atoms. The lowest BCUT2D eigenvalue weighted by molar-refractivity contribution is -0.123. The van der Waals surface area contributed by atoms with E-state index in [-0.39, 0.29) is 28.7 Å². The third-order valence-electron chi connectivity index (χ3n) is 4.16. The van der Waals surface area contributed by atoms with Crippen LogP contribution in [0.5, 0.6) is 0 Å². The summed E-state index contributed by atoms with van der Waals surface area (Å²) in [5.41, 5.74) is 0.244. The van der Waals surface area contributed by atoms with E-state index in [1.807, 2.05) is 13.8 Å². The van der Waals surface area contributed by atoms with Gasteiger partial charge in [-0.3, -0.25) is 9.59 Å². The zero-order valence-corrected chi connectivity index (χ0v) is 13.6. The molecule has 1 saturated carbocycles. The van der Waals surface area contributed by atoms with E-state index in [9.17, 15) is 9.59 Å². The molecule has 1 rings (SSSR count). The normalized spacial score (nSPS) is 28.8. The fraction of sp³-hybridized carbons (Fsp3) is 0.875. The van der Waals surface area contributed by atoms with Crippen LogP contribution in [-0.2, 0) is 9.59 Å². The van der Waals surface area contributed by atoms with Crippen molar-refractivity contribution < 1.29 is 9.59 Å². The lowest BCUT2D eigenvalue weighted by Crippen LogP contribution is -2.50. The maximum Gasteiger partial charge on any atom is 0.219 e. The van der Waals surface area contributed by atoms with Gasteiger partial charge in [-0.05, 0) is 30.1 Å². The number of hydrogen-bond acceptors (Lipinski definition) is 2. The Labute approximate surface area is 123 Å². The summed E-state index contributed by atoms with van der Waals surface area (Å²) in [6.07, 6.45) is 4.07. The molecule has 2 amide bonds. The highest BCUT2D eigenvalue weighted by molar-refractivity contribution is 5.76. The Morgan fingerprint density at radius 2 is 1.65 bits per heavy atom. The summed E-state index contributed by atoms with van der Waals surface area (Å²) in [5.74, 6) is 0.219. The summed E-state index contributed by atoms with van der Waals surface area (Å²) in [6.45, 7) is 11.2. The van der Waals surface area contributed by atoms with Crippen LogP contribution in [0.1, 0.15) is 66.7 Å². The van der Waals surface area contributed by atoms with Gasteiger partial charge in [-0.2, -0.15) is 0 Å². The molecule has 4 heteroatoms. The van der Waals surface area contributed by atoms with Gasteiger partial charge in [-0.1, -0.05) is 34.6 Å². The number of hydrogen-bond donors (Lipinski definition) is 2. The van der Waals surface area contributed by atoms with Gasteiger partial charge in [0.2, 0.25) is 11.8 Å². The van der Waals surface area contributed by atoms with Crippen molar-refractivity contribution in [2.45, 2.75) is 72.8 Å². The van der Waals surface area contributed by atoms with Crippen molar-refractivity contribution in [3.63, 3.8) is 0 Å². The van der Waals surface area contributed by atoms with E-state index in [2.05, 4.69) is 31.4 Å². The Bertz CT molecular complexity index is 365. The van der Waals surface area contributed by atoms with Gasteiger partial charge >= 0.3 is 0 Å². The topological polar surface area (TPSA) is 58.2 Å². The molecule has 0 aromatic rings. The smallest absolute Gasteiger partial charge is 0.219 e. The zero-order valence-electron chi connectivity index (χ0n) is 13.6. The molecule has 1 aliphatic rings. The van der Waals surface area contributed by atoms with Crippen LogP contribution in [0.2, 0.25) is 0 Å². The quantitative estimate of drug-likeness (QED) is 0.814. The lowest BCUT2D eigenvalue weighted by Gasteiger charge is -2.47. The van der Waals surface area contributed by atoms with Crippen LogP contribution in [0.15, 0.2) is 0 Å². The van der Waals surface area contributed by atoms with Crippen LogP contribution in [0, 0.1) is 10.8 Å². The number of carbonyl (C=O) groups is 2. The molecule has 0 radical (unpaired) electrons. The summed E-state index contributed by atoms with van der Waals surface area (Å²) >= 11 is 0. The van der Waals surface area contributed by atoms with Crippen LogP contribution in [0.25, 0.3) is 0 Å². The summed E-state index contributed by atoms with van der Waals surface area (Å²) < 4.78 is 0. The zero-order chi connectivity index (χ0) is 15.4. The first-order chi connectivity index (χ1) is 9.19. The fourth-order valence-electron chi connectivity index (χ4n) is 3.64. The number of rotatable bonds is 5. The molecule has 20 heavy (non-hydrogen) atoms. The van der Waals surface area contributed by atoms with Crippen molar-refractivity contribution in [1.29, 1.82) is 0 Å². The van der Waals surface area contributed by atoms with E-state index in [0.717, 1.165) is 19.3 Å². The van der Waals surface area contributed by atoms with Crippen molar-refractivity contribution in [3.8, 4) is 0 Å². The third-order valence-corrected chi connectivity index (χ3v) is 4.16. The minimum absolute atomic E-state index is 0.0538. The van der Waals surface area contributed by atoms with E-state index < -0.39 is 0 Å². The first-order valence-corrected chi connectivity index (χ1v) is 7.76. The monoisotopic (exact) mass is 282 g/mol. The Hall–Kier alpha value is -1.06. The number of amides is 2. The molecule has 2 atom stereocenters. The summed E-state index contributed by atoms with van der Waals surface area (Å²) in [5, 5.41) is 6.15. The lowest BCUT2D eigenvalue weighted by atomic mass is 9.62. The molecular weight excluding hydrogens is 252 g/mol. The van der Waals surface area contributed by atoms with Crippen molar-refractivity contribution in [2.75, 3.05) is 6.54 Å². The van der Waals surface area contributed by atoms with Gasteiger partial charge in [0, 0.05) is 25.4 Å². The molecule has 1 aliphatic carbocycles. The van der Waals surface area contributed by atoms with E-state index in [0.29, 0.717) is 19.4 Å². The van der Waals surface area contributed by atoms with Crippen LogP contribution in [0.4, 0.5) is 0 Å². The second kappa shape index (κ2) is 6.59. The van der Waals surface area contributed by atoms with Gasteiger partial charge in [0.25, 0.3) is 0 Å². The first kappa shape index (κ1) is 17.0. The van der Waals surface area contributed by atoms with Gasteiger partial charge in [0.15, 0.2) is 0 Å². The average Bonchev–Trinajstić information content (AvgIpc) is 2.33. The highest BCUT2D eigenvalue weighted by atomic mass is 16.2. The van der Waals surface area contributed by atoms with Gasteiger partial charge in [0.1, 0.15) is 0 Å². The molecule has 4 nitrogen and oxygen atoms in total. The van der Waals surface area contributed by atoms with Gasteiger partial charge in [-0.15, -0.1) is 0 Å². The molecular formula is C16H30N2O2. The molecule has 2 N–H and O–H groups in total. The van der Waals surface area contributed by atoms with Crippen molar-refractivity contribution in [3.05, 3.63) is 0 Å². The van der Waals surface area contributed by atoms with E-state index in [1.54, 1.807) is 0 Å². The molecule has 0 aromatic carbocycles. The van der Waals surface area contributed by atoms with Gasteiger partial charge in [-0.25, -0.2) is 0 Å². The first-order valence-electron chi connectivity index (χ1n) is 7.76. The minimum atomic E-state index is 0.0538. The highest BCUT2D eigenvalue weighted by Crippen LogP contribution is 2.45. The number of carbonyl (C=O) groups excluding carboxylic acids is 2. The van der Waals surface area contributed by atoms with Crippen molar-refractivity contribution in [1.82, 2.24) is 10.6 Å². The third kappa shape index (κ3) is 5.14. The summed E-state index contributed by atoms with van der Waals surface area (Å²) in [4.78, 5) is 23.1. The van der Waals surface area contributed by atoms with Gasteiger partial charge in [0.05, 0.1) is 0 Å². The van der Waals surface area contributed by atoms with Gasteiger partial charge < -0.3 is 10.6 Å². The van der Waals surface area contributed by atoms with Crippen molar-refractivity contribution >= 4 is 11.8 Å². The average molecular weight is 282 g/mol. The van der Waals surface area contributed by atoms with Crippen LogP contribution in [0.3, 0.4) is 0 Å². The summed E-state index contributed by atoms with van der Waals surface area (Å²) in [7, 11) is 0. The Morgan fingerprint density at radius 1 is 1.05 bits per heavy atom. The maximum atomic E-state index is 11.6. The second-order valence-electron chi connectivity index (χ2n) is 7.31. The Balaban J connectivity index is 2.70. The predicted molar refractivity (Wildman–Crippen MR) is 81.3 cm³/mol. The molecule has 1 fully saturated rings. The van der Waals surface area contributed by atoms with E-state index in [1.165, 1.54) is 0 Å². The molecule has 0 spiro atoms. The molecule has 0 aliphatic heterocycles. The molecule has 0 unspecified atom stereocenters. The minimum Gasteiger partial charge on any atom is -0.356 e. The largest absolute Gasteiger partial charge is 0.356 e. The Morgan fingerprint density at radius 3 is 2.20 bits per heavy atom. The van der Waals surface area contributed by atoms with Crippen LogP contribution < -0.4 is 10.6 Å². The fourth-order valence-corrected chi connectivity index (χ4v) is 3.64. The van der Waals surface area contributed by atoms with E-state index >= 15 is 0 Å². The van der Waals surface area contributed by atoms with E-state index in [4.69, 9.17) is 0 Å². The second-order valence-corrected chi connectivity index (χ2v) is 7.31. The van der Waals surface area contributed by atoms with Crippen LogP contribution in [-0.4, -0.2) is 24.4 Å². The van der Waals surface area contributed by atoms with Crippen LogP contribution >= 0.6 is 0 Å². The predicted octanol–water partition coefficient (Wildman–Crippen LogP) is 2.62. The summed E-state index contributed by atoms with van der Waals surface area (Å²) in [6, 6.07) is 0.217. The molecule has 0 saturated heterocycles. The number of nitrogens with one attached hydrogen (secondary N) is 2. The molecule has 0 aromatic heterocycles. The highest BCUT2D eigenvalue weighted by Gasteiger charge is 2.41. The maximum absolute atomic E-state index is 11.6. The standard InChI is InChI=1S/C16H30N2O2/c1-6-13(19)17-11-16(5)9-12(18-14(20)7-2)8-15(3,4)10-16/h12H,6-11H2,1-5H3,(H,17,19)(H,18,20)/t12-,16-/m1/s1. The SMILES string of the molecule is CCC(=O)NC[C@]1(C)C[C@H](NC(=O)CC)CC(C)(C)C1. The molecule has 116 valence electrons. The van der Waals surface area contributed by atoms with Crippen molar-refractivity contribution in [2.24, 2.45) is 10.8 Å². The molecule has 0 heterocycles.